The zero-order valence-electron chi connectivity index (χ0n) is 20.4. The minimum Gasteiger partial charge on any atom is -0.327 e. The number of unbranched alkanes of at least 4 members (excludes halogenated alkanes) is 5. The highest BCUT2D eigenvalue weighted by atomic mass is 16.9. The molecule has 0 aliphatic carbocycles. The van der Waals surface area contributed by atoms with Gasteiger partial charge >= 0.3 is 0 Å². The second-order valence-electron chi connectivity index (χ2n) is 7.56. The number of rotatable bonds is 18. The van der Waals surface area contributed by atoms with E-state index in [9.17, 15) is 0 Å². The van der Waals surface area contributed by atoms with Gasteiger partial charge in [-0.3, -0.25) is 0 Å². The summed E-state index contributed by atoms with van der Waals surface area (Å²) in [4.78, 5) is 0. The Kier molecular flexibility index (Phi) is 21.2. The molecule has 0 spiro atoms. The van der Waals surface area contributed by atoms with Crippen molar-refractivity contribution in [1.29, 1.82) is 0 Å². The van der Waals surface area contributed by atoms with Crippen LogP contribution in [0.15, 0.2) is 12.7 Å². The number of hydrogen-bond donors (Lipinski definition) is 0. The number of allylic oxidation sites excluding steroid dienone is 1. The molecule has 0 aliphatic heterocycles. The third-order valence-electron chi connectivity index (χ3n) is 5.12. The second kappa shape index (κ2) is 19.9. The van der Waals surface area contributed by atoms with E-state index in [1.165, 1.54) is 38.5 Å². The van der Waals surface area contributed by atoms with Gasteiger partial charge in [0.05, 0.1) is 5.41 Å². The van der Waals surface area contributed by atoms with Crippen LogP contribution in [-0.2, 0) is 14.2 Å². The van der Waals surface area contributed by atoms with Crippen molar-refractivity contribution >= 4 is 0 Å². The highest BCUT2D eigenvalue weighted by molar-refractivity contribution is 4.89. The van der Waals surface area contributed by atoms with Gasteiger partial charge in [0.25, 0.3) is 5.97 Å². The Balaban J connectivity index is 0. The van der Waals surface area contributed by atoms with E-state index in [0.717, 1.165) is 32.1 Å². The molecule has 0 N–H and O–H groups in total. The molecule has 0 unspecified atom stereocenters. The van der Waals surface area contributed by atoms with Crippen molar-refractivity contribution in [1.82, 2.24) is 0 Å². The predicted molar refractivity (Wildman–Crippen MR) is 124 cm³/mol. The predicted octanol–water partition coefficient (Wildman–Crippen LogP) is 8.28. The maximum absolute atomic E-state index is 6.23. The summed E-state index contributed by atoms with van der Waals surface area (Å²) in [6, 6.07) is 0. The molecule has 0 radical (unpaired) electrons. The van der Waals surface area contributed by atoms with Crippen LogP contribution in [0.2, 0.25) is 0 Å². The molecule has 0 fully saturated rings. The van der Waals surface area contributed by atoms with E-state index < -0.39 is 5.97 Å². The molecule has 170 valence electrons. The molecule has 0 aromatic rings. The third-order valence-corrected chi connectivity index (χ3v) is 5.12. The summed E-state index contributed by atoms with van der Waals surface area (Å²) >= 11 is 0. The van der Waals surface area contributed by atoms with E-state index in [1.54, 1.807) is 6.08 Å². The van der Waals surface area contributed by atoms with Crippen LogP contribution in [0.25, 0.3) is 0 Å². The lowest BCUT2D eigenvalue weighted by atomic mass is 9.72. The van der Waals surface area contributed by atoms with Gasteiger partial charge in [0, 0.05) is 19.8 Å². The zero-order valence-corrected chi connectivity index (χ0v) is 20.4. The molecule has 0 rings (SSSR count). The summed E-state index contributed by atoms with van der Waals surface area (Å²) in [6.45, 7) is 20.0. The first-order valence-electron chi connectivity index (χ1n) is 12.0. The van der Waals surface area contributed by atoms with Gasteiger partial charge in [0.15, 0.2) is 0 Å². The second-order valence-corrected chi connectivity index (χ2v) is 7.56. The molecule has 0 amide bonds. The fourth-order valence-corrected chi connectivity index (χ4v) is 4.19. The molecule has 0 saturated heterocycles. The van der Waals surface area contributed by atoms with Crippen molar-refractivity contribution < 1.29 is 14.2 Å². The molecule has 0 bridgehead atoms. The maximum atomic E-state index is 6.23. The van der Waals surface area contributed by atoms with Crippen LogP contribution in [0.1, 0.15) is 119 Å². The zero-order chi connectivity index (χ0) is 21.7. The smallest absolute Gasteiger partial charge is 0.288 e. The summed E-state index contributed by atoms with van der Waals surface area (Å²) in [5.74, 6) is -0.888. The van der Waals surface area contributed by atoms with Crippen LogP contribution in [0.4, 0.5) is 0 Å². The molecule has 3 heteroatoms. The summed E-state index contributed by atoms with van der Waals surface area (Å²) in [5.41, 5.74) is -0.0523. The van der Waals surface area contributed by atoms with Gasteiger partial charge in [-0.1, -0.05) is 78.2 Å². The first kappa shape index (κ1) is 29.8. The Morgan fingerprint density at radius 2 is 1.00 bits per heavy atom. The molecular formula is C25H52O3. The standard InChI is InChI=1S/C22H46O3.C3H6/c1-7-13-14-15-16-17-20-21(18-8-2,19-9-3)22(23-10-4,24-11-5)25-12-6;1-3-2/h7-20H2,1-6H3;3H,1H2,2H3. The van der Waals surface area contributed by atoms with Crippen LogP contribution < -0.4 is 0 Å². The average Bonchev–Trinajstić information content (AvgIpc) is 2.66. The van der Waals surface area contributed by atoms with Crippen LogP contribution in [0, 0.1) is 5.41 Å². The molecule has 0 saturated carbocycles. The van der Waals surface area contributed by atoms with Crippen molar-refractivity contribution in [3.05, 3.63) is 12.7 Å². The van der Waals surface area contributed by atoms with Crippen LogP contribution in [-0.4, -0.2) is 25.8 Å². The number of hydrogen-bond acceptors (Lipinski definition) is 3. The normalized spacial score (nSPS) is 11.8. The Hall–Kier alpha value is -0.380. The van der Waals surface area contributed by atoms with Crippen LogP contribution in [0.5, 0.6) is 0 Å². The van der Waals surface area contributed by atoms with Gasteiger partial charge in [-0.05, 0) is 47.0 Å². The molecule has 0 aromatic carbocycles. The molecular weight excluding hydrogens is 348 g/mol. The Bertz CT molecular complexity index is 305. The average molecular weight is 401 g/mol. The largest absolute Gasteiger partial charge is 0.327 e. The lowest BCUT2D eigenvalue weighted by Crippen LogP contribution is -2.55. The van der Waals surface area contributed by atoms with E-state index in [1.807, 2.05) is 27.7 Å². The van der Waals surface area contributed by atoms with Crippen LogP contribution >= 0.6 is 0 Å². The SMILES string of the molecule is C=CC.CCCCCCCCC(CCC)(CCC)C(OCC)(OCC)OCC. The van der Waals surface area contributed by atoms with E-state index in [-0.39, 0.29) is 5.41 Å². The lowest BCUT2D eigenvalue weighted by Gasteiger charge is -2.49. The molecule has 0 aliphatic rings. The van der Waals surface area contributed by atoms with Gasteiger partial charge in [-0.15, -0.1) is 6.58 Å². The van der Waals surface area contributed by atoms with Gasteiger partial charge in [0.2, 0.25) is 0 Å². The molecule has 0 aromatic heterocycles. The fourth-order valence-electron chi connectivity index (χ4n) is 4.19. The lowest BCUT2D eigenvalue weighted by molar-refractivity contribution is -0.431. The van der Waals surface area contributed by atoms with Gasteiger partial charge < -0.3 is 14.2 Å². The third kappa shape index (κ3) is 11.0. The highest BCUT2D eigenvalue weighted by Gasteiger charge is 2.53. The van der Waals surface area contributed by atoms with Gasteiger partial charge in [-0.25, -0.2) is 0 Å². The van der Waals surface area contributed by atoms with Gasteiger partial charge in [0.1, 0.15) is 0 Å². The van der Waals surface area contributed by atoms with Crippen molar-refractivity contribution in [2.24, 2.45) is 5.41 Å². The first-order valence-corrected chi connectivity index (χ1v) is 12.0. The van der Waals surface area contributed by atoms with Gasteiger partial charge in [-0.2, -0.15) is 0 Å². The van der Waals surface area contributed by atoms with E-state index in [4.69, 9.17) is 14.2 Å². The van der Waals surface area contributed by atoms with E-state index >= 15 is 0 Å². The summed E-state index contributed by atoms with van der Waals surface area (Å²) in [7, 11) is 0. The minimum absolute atomic E-state index is 0.0523. The Morgan fingerprint density at radius 1 is 0.607 bits per heavy atom. The minimum atomic E-state index is -0.888. The Morgan fingerprint density at radius 3 is 1.36 bits per heavy atom. The molecule has 0 atom stereocenters. The molecule has 3 nitrogen and oxygen atoms in total. The summed E-state index contributed by atoms with van der Waals surface area (Å²) < 4.78 is 18.7. The van der Waals surface area contributed by atoms with Crippen molar-refractivity contribution in [2.45, 2.75) is 125 Å². The number of ether oxygens (including phenoxy) is 3. The quantitative estimate of drug-likeness (QED) is 0.132. The topological polar surface area (TPSA) is 27.7 Å². The van der Waals surface area contributed by atoms with E-state index in [2.05, 4.69) is 27.4 Å². The van der Waals surface area contributed by atoms with Crippen molar-refractivity contribution in [3.8, 4) is 0 Å². The highest BCUT2D eigenvalue weighted by Crippen LogP contribution is 2.49. The fraction of sp³-hybridized carbons (Fsp3) is 0.920. The molecule has 28 heavy (non-hydrogen) atoms. The monoisotopic (exact) mass is 400 g/mol. The van der Waals surface area contributed by atoms with Crippen molar-refractivity contribution in [3.63, 3.8) is 0 Å². The summed E-state index contributed by atoms with van der Waals surface area (Å²) in [6.07, 6.45) is 15.2. The molecule has 0 heterocycles. The van der Waals surface area contributed by atoms with Crippen LogP contribution in [0.3, 0.4) is 0 Å². The summed E-state index contributed by atoms with van der Waals surface area (Å²) in [5, 5.41) is 0. The Labute approximate surface area is 177 Å². The maximum Gasteiger partial charge on any atom is 0.288 e. The van der Waals surface area contributed by atoms with Crippen molar-refractivity contribution in [2.75, 3.05) is 19.8 Å². The first-order chi connectivity index (χ1) is 13.5. The van der Waals surface area contributed by atoms with E-state index in [0.29, 0.717) is 19.8 Å².